The molecule has 2 aromatic carbocycles. The predicted molar refractivity (Wildman–Crippen MR) is 96.4 cm³/mol. The highest BCUT2D eigenvalue weighted by Gasteiger charge is 2.08. The minimum atomic E-state index is -0.414. The molecule has 0 radical (unpaired) electrons. The van der Waals surface area contributed by atoms with E-state index in [2.05, 4.69) is 0 Å². The summed E-state index contributed by atoms with van der Waals surface area (Å²) in [5.41, 5.74) is 0. The van der Waals surface area contributed by atoms with Crippen LogP contribution in [0.25, 0.3) is 0 Å². The van der Waals surface area contributed by atoms with Crippen LogP contribution < -0.4 is 9.47 Å². The number of ether oxygens (including phenoxy) is 2. The molecule has 0 aliphatic carbocycles. The second-order valence-corrected chi connectivity index (χ2v) is 6.72. The molecule has 6 nitrogen and oxygen atoms in total. The number of nitrogens with zero attached hydrogens (tertiary/aromatic N) is 2. The fraction of sp³-hybridized carbons (Fsp3) is 0.222. The molecular formula is C18H20N2O4S. The summed E-state index contributed by atoms with van der Waals surface area (Å²) in [5, 5.41) is 0. The Labute approximate surface area is 151 Å². The van der Waals surface area contributed by atoms with Gasteiger partial charge < -0.3 is 19.3 Å². The first-order chi connectivity index (χ1) is 11.8. The molecule has 0 heterocycles. The number of benzene rings is 2. The maximum Gasteiger partial charge on any atom is 0.414 e. The molecule has 25 heavy (non-hydrogen) atoms. The Bertz CT molecular complexity index is 664. The lowest BCUT2D eigenvalue weighted by Crippen LogP contribution is -2.25. The molecule has 0 saturated carbocycles. The van der Waals surface area contributed by atoms with E-state index < -0.39 is 12.2 Å². The highest BCUT2D eigenvalue weighted by Crippen LogP contribution is 2.30. The summed E-state index contributed by atoms with van der Waals surface area (Å²) in [6.45, 7) is 0. The minimum absolute atomic E-state index is 0.414. The molecule has 0 bridgehead atoms. The van der Waals surface area contributed by atoms with Crippen molar-refractivity contribution in [2.45, 2.75) is 9.79 Å². The molecule has 0 aliphatic rings. The van der Waals surface area contributed by atoms with Crippen LogP contribution in [0.15, 0.2) is 58.3 Å². The van der Waals surface area contributed by atoms with Crippen LogP contribution in [0.2, 0.25) is 0 Å². The quantitative estimate of drug-likeness (QED) is 0.826. The Hall–Kier alpha value is -2.67. The number of carbonyl (C=O) groups excluding carboxylic acids is 2. The van der Waals surface area contributed by atoms with Gasteiger partial charge in [0.25, 0.3) is 0 Å². The Morgan fingerprint density at radius 2 is 1.00 bits per heavy atom. The van der Waals surface area contributed by atoms with Gasteiger partial charge in [-0.3, -0.25) is 0 Å². The summed E-state index contributed by atoms with van der Waals surface area (Å²) in [5.74, 6) is 0.989. The SMILES string of the molecule is CN(C)C(=O)Oc1ccc(Sc2ccc(OC(=O)N(C)C)cc2)cc1. The number of rotatable bonds is 4. The van der Waals surface area contributed by atoms with E-state index in [1.807, 2.05) is 24.3 Å². The van der Waals surface area contributed by atoms with Gasteiger partial charge in [0.2, 0.25) is 0 Å². The van der Waals surface area contributed by atoms with Crippen LogP contribution in [0.5, 0.6) is 11.5 Å². The van der Waals surface area contributed by atoms with Crippen molar-refractivity contribution in [3.8, 4) is 11.5 Å². The zero-order valence-corrected chi connectivity index (χ0v) is 15.4. The predicted octanol–water partition coefficient (Wildman–Crippen LogP) is 3.96. The third-order valence-corrected chi connectivity index (χ3v) is 4.04. The van der Waals surface area contributed by atoms with Gasteiger partial charge in [0.1, 0.15) is 11.5 Å². The second kappa shape index (κ2) is 8.43. The van der Waals surface area contributed by atoms with Crippen molar-refractivity contribution in [1.29, 1.82) is 0 Å². The van der Waals surface area contributed by atoms with Gasteiger partial charge in [0.15, 0.2) is 0 Å². The second-order valence-electron chi connectivity index (χ2n) is 5.57. The Kier molecular flexibility index (Phi) is 6.30. The van der Waals surface area contributed by atoms with Gasteiger partial charge in [-0.25, -0.2) is 9.59 Å². The number of hydrogen-bond donors (Lipinski definition) is 0. The summed E-state index contributed by atoms with van der Waals surface area (Å²) in [6, 6.07) is 14.5. The van der Waals surface area contributed by atoms with E-state index in [1.54, 1.807) is 64.2 Å². The average molecular weight is 360 g/mol. The summed E-state index contributed by atoms with van der Waals surface area (Å²) in [6.07, 6.45) is -0.827. The standard InChI is InChI=1S/C18H20N2O4S/c1-19(2)17(21)23-13-5-9-15(10-6-13)25-16-11-7-14(8-12-16)24-18(22)20(3)4/h5-12H,1-4H3. The van der Waals surface area contributed by atoms with Crippen molar-refractivity contribution in [2.24, 2.45) is 0 Å². The first-order valence-corrected chi connectivity index (χ1v) is 8.33. The van der Waals surface area contributed by atoms with E-state index >= 15 is 0 Å². The van der Waals surface area contributed by atoms with Gasteiger partial charge >= 0.3 is 12.2 Å². The van der Waals surface area contributed by atoms with Crippen LogP contribution in [0.3, 0.4) is 0 Å². The fourth-order valence-corrected chi connectivity index (χ4v) is 2.49. The van der Waals surface area contributed by atoms with Crippen molar-refractivity contribution in [1.82, 2.24) is 9.80 Å². The molecule has 0 N–H and O–H groups in total. The lowest BCUT2D eigenvalue weighted by molar-refractivity contribution is 0.171. The fourth-order valence-electron chi connectivity index (χ4n) is 1.67. The van der Waals surface area contributed by atoms with Gasteiger partial charge in [0, 0.05) is 38.0 Å². The largest absolute Gasteiger partial charge is 0.414 e. The molecule has 2 aromatic rings. The van der Waals surface area contributed by atoms with Gasteiger partial charge in [-0.05, 0) is 48.5 Å². The molecule has 0 atom stereocenters. The van der Waals surface area contributed by atoms with Gasteiger partial charge in [-0.15, -0.1) is 0 Å². The first-order valence-electron chi connectivity index (χ1n) is 7.51. The van der Waals surface area contributed by atoms with Crippen LogP contribution in [0.1, 0.15) is 0 Å². The zero-order valence-electron chi connectivity index (χ0n) is 14.6. The van der Waals surface area contributed by atoms with E-state index in [9.17, 15) is 9.59 Å². The third-order valence-electron chi connectivity index (χ3n) is 3.02. The molecule has 0 unspecified atom stereocenters. The van der Waals surface area contributed by atoms with Gasteiger partial charge in [0.05, 0.1) is 0 Å². The number of hydrogen-bond acceptors (Lipinski definition) is 5. The van der Waals surface area contributed by atoms with Crippen LogP contribution in [0.4, 0.5) is 9.59 Å². The maximum absolute atomic E-state index is 11.5. The molecule has 0 spiro atoms. The Morgan fingerprint density at radius 1 is 0.680 bits per heavy atom. The summed E-state index contributed by atoms with van der Waals surface area (Å²) in [7, 11) is 6.52. The maximum atomic E-state index is 11.5. The molecule has 7 heteroatoms. The number of amides is 2. The van der Waals surface area contributed by atoms with Crippen molar-refractivity contribution in [3.05, 3.63) is 48.5 Å². The summed E-state index contributed by atoms with van der Waals surface area (Å²) in [4.78, 5) is 27.7. The molecule has 132 valence electrons. The number of carbonyl (C=O) groups is 2. The molecule has 0 aliphatic heterocycles. The van der Waals surface area contributed by atoms with Crippen LogP contribution in [-0.2, 0) is 0 Å². The average Bonchev–Trinajstić information content (AvgIpc) is 2.58. The minimum Gasteiger partial charge on any atom is -0.410 e. The smallest absolute Gasteiger partial charge is 0.410 e. The van der Waals surface area contributed by atoms with Gasteiger partial charge in [-0.2, -0.15) is 0 Å². The van der Waals surface area contributed by atoms with Crippen molar-refractivity contribution in [3.63, 3.8) is 0 Å². The monoisotopic (exact) mass is 360 g/mol. The Morgan fingerprint density at radius 3 is 1.28 bits per heavy atom. The zero-order chi connectivity index (χ0) is 18.4. The molecule has 2 amide bonds. The van der Waals surface area contributed by atoms with Crippen LogP contribution in [0, 0.1) is 0 Å². The highest BCUT2D eigenvalue weighted by atomic mass is 32.2. The van der Waals surface area contributed by atoms with Crippen molar-refractivity contribution in [2.75, 3.05) is 28.2 Å². The van der Waals surface area contributed by atoms with Crippen LogP contribution >= 0.6 is 11.8 Å². The molecule has 2 rings (SSSR count). The van der Waals surface area contributed by atoms with E-state index in [-0.39, 0.29) is 0 Å². The molecule has 0 aromatic heterocycles. The van der Waals surface area contributed by atoms with Crippen molar-refractivity contribution < 1.29 is 19.1 Å². The third kappa shape index (κ3) is 5.72. The first kappa shape index (κ1) is 18.7. The molecule has 0 fully saturated rings. The lowest BCUT2D eigenvalue weighted by atomic mass is 10.3. The Balaban J connectivity index is 1.95. The van der Waals surface area contributed by atoms with Crippen LogP contribution in [-0.4, -0.2) is 50.2 Å². The van der Waals surface area contributed by atoms with E-state index in [0.717, 1.165) is 9.79 Å². The lowest BCUT2D eigenvalue weighted by Gasteiger charge is -2.11. The van der Waals surface area contributed by atoms with E-state index in [0.29, 0.717) is 11.5 Å². The van der Waals surface area contributed by atoms with Crippen molar-refractivity contribution >= 4 is 23.9 Å². The summed E-state index contributed by atoms with van der Waals surface area (Å²) < 4.78 is 10.4. The molecule has 0 saturated heterocycles. The summed E-state index contributed by atoms with van der Waals surface area (Å²) >= 11 is 1.55. The topological polar surface area (TPSA) is 59.1 Å². The molecular weight excluding hydrogens is 340 g/mol. The normalized spacial score (nSPS) is 10.1. The van der Waals surface area contributed by atoms with E-state index in [1.165, 1.54) is 9.80 Å². The van der Waals surface area contributed by atoms with E-state index in [4.69, 9.17) is 9.47 Å². The highest BCUT2D eigenvalue weighted by molar-refractivity contribution is 7.99. The van der Waals surface area contributed by atoms with Gasteiger partial charge in [-0.1, -0.05) is 11.8 Å².